The summed E-state index contributed by atoms with van der Waals surface area (Å²) in [6.07, 6.45) is 2.06. The van der Waals surface area contributed by atoms with Crippen LogP contribution in [0, 0.1) is 0 Å². The second-order valence-electron chi connectivity index (χ2n) is 7.63. The minimum Gasteiger partial charge on any atom is -0.385 e. The van der Waals surface area contributed by atoms with Crippen molar-refractivity contribution in [2.24, 2.45) is 0 Å². The number of methoxy groups -OCH3 is 1. The van der Waals surface area contributed by atoms with Crippen molar-refractivity contribution in [3.63, 3.8) is 0 Å². The number of fused-ring (bicyclic) bond motifs is 1. The van der Waals surface area contributed by atoms with E-state index in [0.29, 0.717) is 32.5 Å². The third kappa shape index (κ3) is 3.27. The second kappa shape index (κ2) is 7.89. The Morgan fingerprint density at radius 3 is 2.57 bits per heavy atom. The number of hydrogen-bond donors (Lipinski definition) is 1. The van der Waals surface area contributed by atoms with Gasteiger partial charge in [-0.15, -0.1) is 0 Å². The van der Waals surface area contributed by atoms with Crippen molar-refractivity contribution in [2.45, 2.75) is 31.3 Å². The smallest absolute Gasteiger partial charge is 0.327 e. The summed E-state index contributed by atoms with van der Waals surface area (Å²) in [4.78, 5) is 29.9. The SMILES string of the molecule is COCCCN1C(=O)N(Cc2ccc3ccccc3c2)C(=O)C12CCNCC2. The van der Waals surface area contributed by atoms with E-state index in [1.54, 1.807) is 12.0 Å². The standard InChI is InChI=1S/C22H27N3O3/c1-28-14-4-13-25-21(27)24(20(26)22(25)9-11-23-12-10-22)16-17-7-8-18-5-2-3-6-19(18)15-17/h2-3,5-8,15,23H,4,9-14,16H2,1H3. The number of urea groups is 1. The third-order valence-electron chi connectivity index (χ3n) is 5.94. The predicted octanol–water partition coefficient (Wildman–Crippen LogP) is 2.76. The maximum atomic E-state index is 13.4. The first-order valence-corrected chi connectivity index (χ1v) is 9.97. The number of hydrogen-bond acceptors (Lipinski definition) is 4. The minimum absolute atomic E-state index is 0.0513. The van der Waals surface area contributed by atoms with Gasteiger partial charge in [-0.25, -0.2) is 4.79 Å². The number of nitrogens with one attached hydrogen (secondary N) is 1. The molecule has 1 spiro atoms. The average molecular weight is 381 g/mol. The van der Waals surface area contributed by atoms with E-state index >= 15 is 0 Å². The van der Waals surface area contributed by atoms with Crippen molar-refractivity contribution in [3.05, 3.63) is 48.0 Å². The van der Waals surface area contributed by atoms with Gasteiger partial charge in [-0.05, 0) is 54.8 Å². The lowest BCUT2D eigenvalue weighted by Gasteiger charge is -2.38. The van der Waals surface area contributed by atoms with Gasteiger partial charge in [0.25, 0.3) is 5.91 Å². The lowest BCUT2D eigenvalue weighted by molar-refractivity contribution is -0.135. The topological polar surface area (TPSA) is 61.9 Å². The zero-order valence-corrected chi connectivity index (χ0v) is 16.3. The number of rotatable bonds is 6. The molecule has 0 saturated carbocycles. The molecule has 0 atom stereocenters. The van der Waals surface area contributed by atoms with Crippen LogP contribution in [0.5, 0.6) is 0 Å². The van der Waals surface area contributed by atoms with E-state index in [-0.39, 0.29) is 11.9 Å². The maximum absolute atomic E-state index is 13.4. The van der Waals surface area contributed by atoms with Crippen LogP contribution in [-0.2, 0) is 16.1 Å². The third-order valence-corrected chi connectivity index (χ3v) is 5.94. The first-order chi connectivity index (χ1) is 13.7. The molecule has 0 unspecified atom stereocenters. The van der Waals surface area contributed by atoms with E-state index in [1.165, 1.54) is 4.90 Å². The highest BCUT2D eigenvalue weighted by Gasteiger charge is 2.56. The molecule has 0 aliphatic carbocycles. The second-order valence-corrected chi connectivity index (χ2v) is 7.63. The van der Waals surface area contributed by atoms with Gasteiger partial charge in [0.15, 0.2) is 0 Å². The van der Waals surface area contributed by atoms with E-state index in [9.17, 15) is 9.59 Å². The number of carbonyl (C=O) groups excluding carboxylic acids is 2. The van der Waals surface area contributed by atoms with Crippen molar-refractivity contribution < 1.29 is 14.3 Å². The molecule has 148 valence electrons. The molecule has 2 aliphatic heterocycles. The van der Waals surface area contributed by atoms with Crippen LogP contribution in [-0.4, -0.2) is 60.6 Å². The summed E-state index contributed by atoms with van der Waals surface area (Å²) >= 11 is 0. The highest BCUT2D eigenvalue weighted by molar-refractivity contribution is 6.07. The summed E-state index contributed by atoms with van der Waals surface area (Å²) in [5.74, 6) is -0.0513. The fraction of sp³-hybridized carbons (Fsp3) is 0.455. The first kappa shape index (κ1) is 18.9. The zero-order chi connectivity index (χ0) is 19.6. The maximum Gasteiger partial charge on any atom is 0.327 e. The first-order valence-electron chi connectivity index (χ1n) is 9.97. The molecule has 6 heteroatoms. The van der Waals surface area contributed by atoms with Crippen LogP contribution in [0.3, 0.4) is 0 Å². The summed E-state index contributed by atoms with van der Waals surface area (Å²) in [5.41, 5.74) is 0.274. The molecule has 0 bridgehead atoms. The molecule has 0 aromatic heterocycles. The van der Waals surface area contributed by atoms with Gasteiger partial charge in [-0.2, -0.15) is 0 Å². The molecule has 2 aromatic rings. The Hall–Kier alpha value is -2.44. The van der Waals surface area contributed by atoms with E-state index in [2.05, 4.69) is 23.5 Å². The normalized spacial score (nSPS) is 19.2. The van der Waals surface area contributed by atoms with Gasteiger partial charge in [0, 0.05) is 20.3 Å². The largest absolute Gasteiger partial charge is 0.385 e. The van der Waals surface area contributed by atoms with Gasteiger partial charge in [0.05, 0.1) is 6.54 Å². The monoisotopic (exact) mass is 381 g/mol. The summed E-state index contributed by atoms with van der Waals surface area (Å²) in [7, 11) is 1.66. The summed E-state index contributed by atoms with van der Waals surface area (Å²) in [5, 5.41) is 5.58. The van der Waals surface area contributed by atoms with Gasteiger partial charge >= 0.3 is 6.03 Å². The highest BCUT2D eigenvalue weighted by atomic mass is 16.5. The number of carbonyl (C=O) groups is 2. The number of nitrogens with zero attached hydrogens (tertiary/aromatic N) is 2. The molecule has 2 heterocycles. The molecule has 2 saturated heterocycles. The van der Waals surface area contributed by atoms with E-state index in [1.807, 2.05) is 24.3 Å². The van der Waals surface area contributed by atoms with Crippen LogP contribution in [0.1, 0.15) is 24.8 Å². The number of benzene rings is 2. The number of imide groups is 1. The van der Waals surface area contributed by atoms with Gasteiger partial charge in [0.2, 0.25) is 0 Å². The number of amides is 3. The molecule has 28 heavy (non-hydrogen) atoms. The molecule has 2 aliphatic rings. The predicted molar refractivity (Wildman–Crippen MR) is 108 cm³/mol. The Balaban J connectivity index is 1.60. The Kier molecular flexibility index (Phi) is 5.33. The summed E-state index contributed by atoms with van der Waals surface area (Å²) in [6, 6.07) is 14.1. The van der Waals surface area contributed by atoms with Crippen molar-refractivity contribution >= 4 is 22.7 Å². The van der Waals surface area contributed by atoms with Crippen LogP contribution < -0.4 is 5.32 Å². The molecule has 2 fully saturated rings. The summed E-state index contributed by atoms with van der Waals surface area (Å²) in [6.45, 7) is 2.95. The lowest BCUT2D eigenvalue weighted by Crippen LogP contribution is -2.56. The molecule has 3 amide bonds. The van der Waals surface area contributed by atoms with Gasteiger partial charge in [0.1, 0.15) is 5.54 Å². The Morgan fingerprint density at radius 2 is 1.82 bits per heavy atom. The van der Waals surface area contributed by atoms with Crippen LogP contribution in [0.25, 0.3) is 10.8 Å². The Morgan fingerprint density at radius 1 is 1.07 bits per heavy atom. The average Bonchev–Trinajstić information content (AvgIpc) is 2.91. The van der Waals surface area contributed by atoms with Crippen molar-refractivity contribution in [2.75, 3.05) is 33.4 Å². The Labute approximate surface area is 165 Å². The van der Waals surface area contributed by atoms with Crippen LogP contribution in [0.15, 0.2) is 42.5 Å². The molecular formula is C22H27N3O3. The molecule has 0 radical (unpaired) electrons. The van der Waals surface area contributed by atoms with Crippen molar-refractivity contribution in [3.8, 4) is 0 Å². The molecule has 4 rings (SSSR count). The van der Waals surface area contributed by atoms with E-state index in [4.69, 9.17) is 4.74 Å². The van der Waals surface area contributed by atoms with Crippen LogP contribution in [0.4, 0.5) is 4.79 Å². The molecular weight excluding hydrogens is 354 g/mol. The van der Waals surface area contributed by atoms with Crippen molar-refractivity contribution in [1.29, 1.82) is 0 Å². The fourth-order valence-corrected chi connectivity index (χ4v) is 4.44. The molecule has 6 nitrogen and oxygen atoms in total. The van der Waals surface area contributed by atoms with Crippen LogP contribution in [0.2, 0.25) is 0 Å². The summed E-state index contributed by atoms with van der Waals surface area (Å²) < 4.78 is 5.15. The van der Waals surface area contributed by atoms with E-state index < -0.39 is 5.54 Å². The quantitative estimate of drug-likeness (QED) is 0.617. The van der Waals surface area contributed by atoms with Gasteiger partial charge in [-0.3, -0.25) is 9.69 Å². The number of piperidine rings is 1. The lowest BCUT2D eigenvalue weighted by atomic mass is 9.86. The number of ether oxygens (including phenoxy) is 1. The van der Waals surface area contributed by atoms with Gasteiger partial charge in [-0.1, -0.05) is 36.4 Å². The fourth-order valence-electron chi connectivity index (χ4n) is 4.44. The zero-order valence-electron chi connectivity index (χ0n) is 16.3. The highest BCUT2D eigenvalue weighted by Crippen LogP contribution is 2.36. The van der Waals surface area contributed by atoms with Crippen LogP contribution >= 0.6 is 0 Å². The van der Waals surface area contributed by atoms with Gasteiger partial charge < -0.3 is 15.0 Å². The minimum atomic E-state index is -0.701. The molecule has 2 aromatic carbocycles. The van der Waals surface area contributed by atoms with Crippen molar-refractivity contribution in [1.82, 2.24) is 15.1 Å². The van der Waals surface area contributed by atoms with E-state index in [0.717, 1.165) is 35.8 Å². The Bertz CT molecular complexity index is 876. The molecule has 1 N–H and O–H groups in total.